The van der Waals surface area contributed by atoms with Crippen LogP contribution in [0.15, 0.2) is 36.9 Å². The molecular weight excluding hydrogens is 1000 g/mol. The molecule has 0 saturated carbocycles. The molecule has 1 aliphatic heterocycles. The molecule has 2 amide bonds. The Bertz CT molecular complexity index is 2760. The Balaban J connectivity index is 1.03. The Morgan fingerprint density at radius 1 is 1.00 bits per heavy atom. The summed E-state index contributed by atoms with van der Waals surface area (Å²) in [6, 6.07) is 5.89. The van der Waals surface area contributed by atoms with E-state index in [1.807, 2.05) is 0 Å². The van der Waals surface area contributed by atoms with Gasteiger partial charge in [0.25, 0.3) is 0 Å². The maximum atomic E-state index is 13.2. The van der Waals surface area contributed by atoms with Crippen LogP contribution in [0, 0.1) is 5.41 Å². The molecule has 1 fully saturated rings. The van der Waals surface area contributed by atoms with Crippen LogP contribution < -0.4 is 16.4 Å². The van der Waals surface area contributed by atoms with Gasteiger partial charge in [0.05, 0.1) is 36.9 Å². The Kier molecular flexibility index (Phi) is 18.0. The molecule has 0 spiro atoms. The summed E-state index contributed by atoms with van der Waals surface area (Å²) in [6.07, 6.45) is -8.19. The molecule has 3 heterocycles. The molecule has 0 aliphatic carbocycles. The molecule has 0 radical (unpaired) electrons. The quantitative estimate of drug-likeness (QED) is 0.0198. The number of phenolic OH excluding ortho intramolecular Hbond substituents is 2. The number of aliphatic hydroxyl groups is 2. The number of Topliss-reactive ketones (excluding diaryl/α,β-unsaturated/α-hetero) is 2. The number of fused-ring (bicyclic) bond motifs is 2. The van der Waals surface area contributed by atoms with Crippen molar-refractivity contribution in [1.29, 1.82) is 0 Å². The first-order valence-corrected chi connectivity index (χ1v) is 25.6. The third kappa shape index (κ3) is 14.6. The first-order chi connectivity index (χ1) is 32.1. The van der Waals surface area contributed by atoms with Gasteiger partial charge in [-0.3, -0.25) is 42.1 Å². The van der Waals surface area contributed by atoms with Crippen LogP contribution >= 0.6 is 35.2 Å². The highest BCUT2D eigenvalue weighted by Gasteiger charge is 2.50. The minimum atomic E-state index is -5.63. The number of phosphoric acid groups is 3. The lowest BCUT2D eigenvalue weighted by Crippen LogP contribution is -2.46. The van der Waals surface area contributed by atoms with E-state index in [1.54, 1.807) is 6.07 Å². The number of ether oxygens (including phenoxy) is 1. The summed E-state index contributed by atoms with van der Waals surface area (Å²) in [6.45, 7) is 1.21. The molecule has 2 aromatic carbocycles. The number of hydrogen-bond donors (Lipinski definition) is 11. The fraction of sp³-hybridized carbons (Fsp3) is 0.459. The summed E-state index contributed by atoms with van der Waals surface area (Å²) in [5.41, 5.74) is 4.06. The molecule has 0 bridgehead atoms. The van der Waals surface area contributed by atoms with E-state index in [9.17, 15) is 77.7 Å². The fourth-order valence-corrected chi connectivity index (χ4v) is 10.3. The maximum Gasteiger partial charge on any atom is 0.481 e. The number of carbonyl (C=O) groups excluding carboxylic acids is 5. The van der Waals surface area contributed by atoms with Gasteiger partial charge in [-0.2, -0.15) is 4.31 Å². The third-order valence-electron chi connectivity index (χ3n) is 9.99. The van der Waals surface area contributed by atoms with E-state index in [0.717, 1.165) is 17.2 Å². The van der Waals surface area contributed by atoms with Gasteiger partial charge in [0.2, 0.25) is 11.8 Å². The second kappa shape index (κ2) is 22.5. The van der Waals surface area contributed by atoms with Crippen LogP contribution in [0.1, 0.15) is 55.8 Å². The molecule has 2 aromatic heterocycles. The van der Waals surface area contributed by atoms with Crippen LogP contribution in [0.5, 0.6) is 11.5 Å². The van der Waals surface area contributed by atoms with Crippen molar-refractivity contribution in [3.63, 3.8) is 0 Å². The number of phosphoric ester groups is 3. The Morgan fingerprint density at radius 2 is 1.70 bits per heavy atom. The highest BCUT2D eigenvalue weighted by Crippen LogP contribution is 2.61. The smallest absolute Gasteiger partial charge is 0.481 e. The number of anilines is 1. The van der Waals surface area contributed by atoms with Gasteiger partial charge in [-0.15, -0.1) is 0 Å². The molecule has 2 unspecified atom stereocenters. The van der Waals surface area contributed by atoms with Crippen molar-refractivity contribution >= 4 is 91.5 Å². The number of nitrogen functional groups attached to an aromatic ring is 1. The van der Waals surface area contributed by atoms with E-state index in [0.29, 0.717) is 17.1 Å². The number of nitrogens with one attached hydrogen (secondary N) is 2. The summed E-state index contributed by atoms with van der Waals surface area (Å²) < 4.78 is 62.3. The number of nitrogens with zero attached hydrogens (tertiary/aromatic N) is 4. The summed E-state index contributed by atoms with van der Waals surface area (Å²) in [4.78, 5) is 114. The highest BCUT2D eigenvalue weighted by atomic mass is 32.2. The predicted molar refractivity (Wildman–Crippen MR) is 238 cm³/mol. The molecule has 1 aliphatic rings. The van der Waals surface area contributed by atoms with Gasteiger partial charge in [0, 0.05) is 37.1 Å². The van der Waals surface area contributed by atoms with E-state index in [2.05, 4.69) is 34.4 Å². The number of rotatable bonds is 24. The van der Waals surface area contributed by atoms with E-state index in [1.165, 1.54) is 39.0 Å². The van der Waals surface area contributed by atoms with Gasteiger partial charge in [0.1, 0.15) is 53.5 Å². The van der Waals surface area contributed by atoms with Crippen molar-refractivity contribution < 1.29 is 100 Å². The van der Waals surface area contributed by atoms with Crippen LogP contribution in [0.2, 0.25) is 0 Å². The topological polar surface area (TPSA) is 438 Å². The molecule has 69 heavy (non-hydrogen) atoms. The third-order valence-corrected chi connectivity index (χ3v) is 14.0. The number of benzene rings is 2. The SMILES string of the molecule is CC(=O)Cc1cc2cccc(O)c2c(O)c1C(=O)CC(=O)SCCNC(=O)CCNC(=O)[C@@H](O)C(C)(C)COP(=O)(O)OP(=O)(O)OC[C@H]1O[C@@H](n2cnc3c(N)ncnc32)[C@H](O)[C@@H]1OP(=O)(O)O. The number of aromatic hydroxyl groups is 2. The first-order valence-electron chi connectivity index (χ1n) is 20.1. The fourth-order valence-electron chi connectivity index (χ4n) is 6.76. The number of aliphatic hydroxyl groups excluding tert-OH is 2. The van der Waals surface area contributed by atoms with Gasteiger partial charge in [-0.25, -0.2) is 28.6 Å². The van der Waals surface area contributed by atoms with E-state index in [-0.39, 0.29) is 76.7 Å². The van der Waals surface area contributed by atoms with Crippen LogP contribution in [0.3, 0.4) is 0 Å². The van der Waals surface area contributed by atoms with Crippen LogP contribution in [0.25, 0.3) is 21.9 Å². The molecule has 5 rings (SSSR count). The number of carbonyl (C=O) groups is 5. The summed E-state index contributed by atoms with van der Waals surface area (Å²) >= 11 is 0.707. The number of nitrogens with two attached hydrogens (primary N) is 1. The van der Waals surface area contributed by atoms with Crippen LogP contribution in [-0.2, 0) is 61.9 Å². The molecule has 32 heteroatoms. The van der Waals surface area contributed by atoms with Gasteiger partial charge in [-0.05, 0) is 30.0 Å². The first kappa shape index (κ1) is 55.1. The Labute approximate surface area is 394 Å². The Hall–Kier alpha value is -4.80. The van der Waals surface area contributed by atoms with Crippen LogP contribution in [0.4, 0.5) is 5.82 Å². The zero-order valence-electron chi connectivity index (χ0n) is 36.5. The number of hydrogen-bond acceptors (Lipinski definition) is 22. The average molecular weight is 1050 g/mol. The Morgan fingerprint density at radius 3 is 2.38 bits per heavy atom. The summed E-state index contributed by atoms with van der Waals surface area (Å²) in [5, 5.41) is 47.3. The highest BCUT2D eigenvalue weighted by molar-refractivity contribution is 8.13. The lowest BCUT2D eigenvalue weighted by atomic mass is 9.87. The molecule has 7 atom stereocenters. The van der Waals surface area contributed by atoms with E-state index >= 15 is 0 Å². The number of amides is 2. The largest absolute Gasteiger partial charge is 0.507 e. The average Bonchev–Trinajstić information content (AvgIpc) is 3.80. The van der Waals surface area contributed by atoms with E-state index < -0.39 is 108 Å². The van der Waals surface area contributed by atoms with E-state index in [4.69, 9.17) is 19.5 Å². The van der Waals surface area contributed by atoms with Gasteiger partial charge in [0.15, 0.2) is 28.6 Å². The van der Waals surface area contributed by atoms with Crippen molar-refractivity contribution in [1.82, 2.24) is 30.2 Å². The summed E-state index contributed by atoms with van der Waals surface area (Å²) in [7, 11) is -16.6. The van der Waals surface area contributed by atoms with Gasteiger partial charge >= 0.3 is 23.5 Å². The molecular formula is C37H48N7O21P3S. The molecule has 4 aromatic rings. The molecule has 1 saturated heterocycles. The minimum Gasteiger partial charge on any atom is -0.507 e. The molecule has 28 nitrogen and oxygen atoms in total. The van der Waals surface area contributed by atoms with Crippen molar-refractivity contribution in [2.24, 2.45) is 5.41 Å². The lowest BCUT2D eigenvalue weighted by molar-refractivity contribution is -0.137. The van der Waals surface area contributed by atoms with Crippen molar-refractivity contribution in [2.45, 2.75) is 70.7 Å². The number of thioether (sulfide) groups is 1. The van der Waals surface area contributed by atoms with Crippen molar-refractivity contribution in [3.05, 3.63) is 48.0 Å². The zero-order valence-corrected chi connectivity index (χ0v) is 40.0. The number of aromatic nitrogens is 4. The second-order valence-corrected chi connectivity index (χ2v) is 21.3. The van der Waals surface area contributed by atoms with Crippen molar-refractivity contribution in [3.8, 4) is 11.5 Å². The maximum absolute atomic E-state index is 13.2. The number of ketones is 2. The van der Waals surface area contributed by atoms with Gasteiger partial charge < -0.3 is 61.1 Å². The standard InChI is InChI=1S/C37H48N7O21P3S/c1-18(45)11-20-12-19-5-4-6-21(46)26(19)29(50)27(20)22(47)13-25(49)69-10-9-39-24(48)7-8-40-35(53)32(52)37(2,3)15-62-68(59,60)65-67(57,58)61-14-23-31(64-66(54,55)56)30(51)36(63-23)44-17-43-28-33(38)41-16-42-34(28)44/h4-6,12,16-17,23,30-32,36,46,50-52H,7-11,13-15H2,1-3H3,(H,39,48)(H,40,53)(H,57,58)(H,59,60)(H2,38,41,42)(H2,54,55,56)/t23-,30-,31-,32-,36-/m1/s1. The number of phenols is 2. The molecule has 12 N–H and O–H groups in total. The number of imidazole rings is 1. The summed E-state index contributed by atoms with van der Waals surface area (Å²) in [5.74, 6) is -3.66. The normalized spacial score (nSPS) is 19.7. The molecule has 378 valence electrons. The van der Waals surface area contributed by atoms with Gasteiger partial charge in [-0.1, -0.05) is 37.7 Å². The monoisotopic (exact) mass is 1050 g/mol. The minimum absolute atomic E-state index is 0.00769. The lowest BCUT2D eigenvalue weighted by Gasteiger charge is -2.30. The zero-order chi connectivity index (χ0) is 51.2. The second-order valence-electron chi connectivity index (χ2n) is 15.9. The van der Waals surface area contributed by atoms with Crippen molar-refractivity contribution in [2.75, 3.05) is 37.8 Å². The van der Waals surface area contributed by atoms with Crippen LogP contribution in [-0.4, -0.2) is 144 Å². The predicted octanol–water partition coefficient (Wildman–Crippen LogP) is 0.634.